The normalized spacial score (nSPS) is 21.8. The predicted octanol–water partition coefficient (Wildman–Crippen LogP) is 3.15. The van der Waals surface area contributed by atoms with Crippen LogP contribution in [0.1, 0.15) is 40.9 Å². The number of carbonyl (C=O) groups excluding carboxylic acids is 1. The van der Waals surface area contributed by atoms with Crippen molar-refractivity contribution in [2.24, 2.45) is 0 Å². The highest BCUT2D eigenvalue weighted by atomic mass is 16.5. The molecule has 2 aliphatic heterocycles. The van der Waals surface area contributed by atoms with Crippen LogP contribution in [-0.4, -0.2) is 34.5 Å². The lowest BCUT2D eigenvalue weighted by Crippen LogP contribution is -2.39. The molecule has 0 radical (unpaired) electrons. The summed E-state index contributed by atoms with van der Waals surface area (Å²) in [5.41, 5.74) is 1.44. The predicted molar refractivity (Wildman–Crippen MR) is 100 cm³/mol. The van der Waals surface area contributed by atoms with Crippen molar-refractivity contribution >= 4 is 12.0 Å². The number of hydrogen-bond acceptors (Lipinski definition) is 3. The highest BCUT2D eigenvalue weighted by molar-refractivity contribution is 5.93. The van der Waals surface area contributed by atoms with Gasteiger partial charge in [0.1, 0.15) is 16.9 Å². The first kappa shape index (κ1) is 16.6. The molecule has 1 spiro atoms. The summed E-state index contributed by atoms with van der Waals surface area (Å²) >= 11 is 0. The second-order valence-corrected chi connectivity index (χ2v) is 7.08. The molecule has 1 aromatic carbocycles. The average molecular weight is 350 g/mol. The highest BCUT2D eigenvalue weighted by Crippen LogP contribution is 2.37. The van der Waals surface area contributed by atoms with Gasteiger partial charge in [-0.05, 0) is 31.9 Å². The Morgan fingerprint density at radius 1 is 1.23 bits per heavy atom. The van der Waals surface area contributed by atoms with E-state index in [1.807, 2.05) is 24.3 Å². The number of H-pyrrole nitrogens is 1. The maximum Gasteiger partial charge on any atom is 0.259 e. The second kappa shape index (κ2) is 6.48. The number of benzene rings is 1. The van der Waals surface area contributed by atoms with Gasteiger partial charge in [-0.2, -0.15) is 0 Å². The number of likely N-dealkylation sites (tertiary alicyclic amines) is 1. The molecule has 5 heteroatoms. The minimum Gasteiger partial charge on any atom is -0.483 e. The highest BCUT2D eigenvalue weighted by Gasteiger charge is 2.36. The third-order valence-electron chi connectivity index (χ3n) is 5.21. The number of aromatic amines is 1. The van der Waals surface area contributed by atoms with Gasteiger partial charge in [0, 0.05) is 43.0 Å². The van der Waals surface area contributed by atoms with Crippen LogP contribution in [0.25, 0.3) is 6.08 Å². The van der Waals surface area contributed by atoms with Crippen LogP contribution in [0.3, 0.4) is 0 Å². The van der Waals surface area contributed by atoms with E-state index in [2.05, 4.69) is 17.1 Å². The third kappa shape index (κ3) is 3.05. The number of fused-ring (bicyclic) bond motifs is 1. The zero-order valence-corrected chi connectivity index (χ0v) is 14.8. The van der Waals surface area contributed by atoms with Crippen LogP contribution in [0.2, 0.25) is 0 Å². The molecule has 1 aromatic heterocycles. The quantitative estimate of drug-likeness (QED) is 0.859. The number of rotatable bonds is 1. The zero-order chi connectivity index (χ0) is 18.1. The molecule has 26 heavy (non-hydrogen) atoms. The number of aryl methyl sites for hydroxylation is 1. The van der Waals surface area contributed by atoms with E-state index in [0.717, 1.165) is 29.8 Å². The molecule has 1 saturated heterocycles. The molecule has 0 bridgehead atoms. The van der Waals surface area contributed by atoms with Gasteiger partial charge < -0.3 is 14.6 Å². The number of nitrogens with one attached hydrogen (secondary N) is 1. The number of aromatic nitrogens is 1. The number of para-hydroxylation sites is 1. The molecule has 1 N–H and O–H groups in total. The summed E-state index contributed by atoms with van der Waals surface area (Å²) in [6.45, 7) is 3.00. The van der Waals surface area contributed by atoms with E-state index in [1.165, 1.54) is 12.3 Å². The Bertz CT molecular complexity index is 931. The number of pyridine rings is 1. The van der Waals surface area contributed by atoms with Crippen molar-refractivity contribution in [3.05, 3.63) is 69.6 Å². The molecule has 2 aliphatic rings. The van der Waals surface area contributed by atoms with Gasteiger partial charge in [-0.1, -0.05) is 24.3 Å². The third-order valence-corrected chi connectivity index (χ3v) is 5.21. The number of carbonyl (C=O) groups is 1. The zero-order valence-electron chi connectivity index (χ0n) is 14.8. The lowest BCUT2D eigenvalue weighted by atomic mass is 9.91. The molecular formula is C21H22N2O3. The SMILES string of the molecule is Cc1cc(=O)c(C(=O)N2CCCC3(C=Cc4ccccc4O3)CC2)c[nH]1. The van der Waals surface area contributed by atoms with Gasteiger partial charge in [0.05, 0.1) is 0 Å². The first-order chi connectivity index (χ1) is 12.6. The Balaban J connectivity index is 1.52. The fraction of sp³-hybridized carbons (Fsp3) is 0.333. The summed E-state index contributed by atoms with van der Waals surface area (Å²) in [4.78, 5) is 29.7. The molecule has 0 saturated carbocycles. The number of ether oxygens (including phenoxy) is 1. The summed E-state index contributed by atoms with van der Waals surface area (Å²) in [7, 11) is 0. The number of hydrogen-bond donors (Lipinski definition) is 1. The smallest absolute Gasteiger partial charge is 0.259 e. The maximum atomic E-state index is 12.8. The van der Waals surface area contributed by atoms with Crippen molar-refractivity contribution in [3.8, 4) is 5.75 Å². The maximum absolute atomic E-state index is 12.8. The standard InChI is InChI=1S/C21H22N2O3/c1-15-13-18(24)17(14-22-15)20(25)23-11-4-8-21(10-12-23)9-7-16-5-2-3-6-19(16)26-21/h2-3,5-7,9,13-14H,4,8,10-12H2,1H3,(H,22,24). The van der Waals surface area contributed by atoms with Crippen LogP contribution < -0.4 is 10.2 Å². The molecule has 134 valence electrons. The van der Waals surface area contributed by atoms with Crippen molar-refractivity contribution < 1.29 is 9.53 Å². The van der Waals surface area contributed by atoms with Gasteiger partial charge in [-0.3, -0.25) is 9.59 Å². The van der Waals surface area contributed by atoms with Gasteiger partial charge in [-0.15, -0.1) is 0 Å². The van der Waals surface area contributed by atoms with Crippen LogP contribution in [0.15, 0.2) is 47.4 Å². The first-order valence-corrected chi connectivity index (χ1v) is 9.02. The summed E-state index contributed by atoms with van der Waals surface area (Å²) in [6.07, 6.45) is 8.16. The van der Waals surface area contributed by atoms with Gasteiger partial charge in [-0.25, -0.2) is 0 Å². The molecule has 1 atom stereocenters. The van der Waals surface area contributed by atoms with Gasteiger partial charge >= 0.3 is 0 Å². The van der Waals surface area contributed by atoms with E-state index in [1.54, 1.807) is 11.8 Å². The molecule has 2 aromatic rings. The topological polar surface area (TPSA) is 62.4 Å². The lowest BCUT2D eigenvalue weighted by Gasteiger charge is -2.34. The van der Waals surface area contributed by atoms with E-state index >= 15 is 0 Å². The van der Waals surface area contributed by atoms with Crippen LogP contribution in [0, 0.1) is 6.92 Å². The molecule has 1 amide bonds. The molecular weight excluding hydrogens is 328 g/mol. The summed E-state index contributed by atoms with van der Waals surface area (Å²) in [5, 5.41) is 0. The molecule has 3 heterocycles. The minimum absolute atomic E-state index is 0.205. The van der Waals surface area contributed by atoms with E-state index < -0.39 is 0 Å². The van der Waals surface area contributed by atoms with E-state index in [4.69, 9.17) is 4.74 Å². The van der Waals surface area contributed by atoms with Crippen molar-refractivity contribution in [1.82, 2.24) is 9.88 Å². The fourth-order valence-corrected chi connectivity index (χ4v) is 3.72. The van der Waals surface area contributed by atoms with Gasteiger partial charge in [0.2, 0.25) is 0 Å². The minimum atomic E-state index is -0.372. The number of nitrogens with zero attached hydrogens (tertiary/aromatic N) is 1. The molecule has 0 aliphatic carbocycles. The first-order valence-electron chi connectivity index (χ1n) is 9.02. The van der Waals surface area contributed by atoms with Gasteiger partial charge in [0.25, 0.3) is 5.91 Å². The molecule has 1 fully saturated rings. The van der Waals surface area contributed by atoms with Gasteiger partial charge in [0.15, 0.2) is 5.43 Å². The average Bonchev–Trinajstić information content (AvgIpc) is 2.84. The van der Waals surface area contributed by atoms with Crippen LogP contribution >= 0.6 is 0 Å². The summed E-state index contributed by atoms with van der Waals surface area (Å²) in [5.74, 6) is 0.688. The van der Waals surface area contributed by atoms with Crippen LogP contribution in [-0.2, 0) is 0 Å². The van der Waals surface area contributed by atoms with E-state index in [0.29, 0.717) is 19.5 Å². The Morgan fingerprint density at radius 2 is 2.08 bits per heavy atom. The largest absolute Gasteiger partial charge is 0.483 e. The van der Waals surface area contributed by atoms with Crippen molar-refractivity contribution in [2.45, 2.75) is 31.8 Å². The van der Waals surface area contributed by atoms with Crippen molar-refractivity contribution in [1.29, 1.82) is 0 Å². The number of amides is 1. The summed E-state index contributed by atoms with van der Waals surface area (Å²) in [6, 6.07) is 9.46. The Morgan fingerprint density at radius 3 is 2.92 bits per heavy atom. The summed E-state index contributed by atoms with van der Waals surface area (Å²) < 4.78 is 6.32. The van der Waals surface area contributed by atoms with E-state index in [9.17, 15) is 9.59 Å². The second-order valence-electron chi connectivity index (χ2n) is 7.08. The fourth-order valence-electron chi connectivity index (χ4n) is 3.72. The Kier molecular flexibility index (Phi) is 4.15. The van der Waals surface area contributed by atoms with Crippen molar-refractivity contribution in [2.75, 3.05) is 13.1 Å². The molecule has 5 nitrogen and oxygen atoms in total. The molecule has 4 rings (SSSR count). The van der Waals surface area contributed by atoms with Crippen LogP contribution in [0.5, 0.6) is 5.75 Å². The van der Waals surface area contributed by atoms with Crippen molar-refractivity contribution in [3.63, 3.8) is 0 Å². The molecule has 1 unspecified atom stereocenters. The van der Waals surface area contributed by atoms with Crippen LogP contribution in [0.4, 0.5) is 0 Å². The monoisotopic (exact) mass is 350 g/mol. The van der Waals surface area contributed by atoms with E-state index in [-0.39, 0.29) is 22.5 Å². The Labute approximate surface area is 152 Å². The lowest BCUT2D eigenvalue weighted by molar-refractivity contribution is 0.0729. The Hall–Kier alpha value is -2.82.